The van der Waals surface area contributed by atoms with Crippen LogP contribution in [0.3, 0.4) is 0 Å². The van der Waals surface area contributed by atoms with Crippen LogP contribution in [0.4, 0.5) is 0 Å². The van der Waals surface area contributed by atoms with Gasteiger partial charge in [0.1, 0.15) is 0 Å². The van der Waals surface area contributed by atoms with Crippen LogP contribution in [0.2, 0.25) is 0 Å². The maximum atomic E-state index is 8.88. The van der Waals surface area contributed by atoms with Gasteiger partial charge in [0.15, 0.2) is 0 Å². The molecule has 0 aromatic carbocycles. The minimum atomic E-state index is -4.67. The summed E-state index contributed by atoms with van der Waals surface area (Å²) in [7, 11) is -9.31. The zero-order chi connectivity index (χ0) is 9.00. The van der Waals surface area contributed by atoms with E-state index in [0.717, 1.165) is 0 Å². The molecule has 0 rings (SSSR count). The van der Waals surface area contributed by atoms with E-state index in [2.05, 4.69) is 0 Å². The van der Waals surface area contributed by atoms with E-state index in [1.165, 1.54) is 0 Å². The zero-order valence-electron chi connectivity index (χ0n) is 5.43. The van der Waals surface area contributed by atoms with Gasteiger partial charge in [0.05, 0.1) is 0 Å². The van der Waals surface area contributed by atoms with Gasteiger partial charge in [0.25, 0.3) is 0 Å². The van der Waals surface area contributed by atoms with E-state index in [4.69, 9.17) is 36.8 Å². The van der Waals surface area contributed by atoms with Gasteiger partial charge < -0.3 is 20.8 Å². The predicted molar refractivity (Wildman–Crippen MR) is 47.9 cm³/mol. The Morgan fingerprint density at radius 3 is 1.00 bits per heavy atom. The average molecular weight is 274 g/mol. The summed E-state index contributed by atoms with van der Waals surface area (Å²) in [5.41, 5.74) is 0. The van der Waals surface area contributed by atoms with Gasteiger partial charge in [-0.3, -0.25) is 9.11 Å². The Morgan fingerprint density at radius 1 is 1.00 bits per heavy atom. The molecular formula is H10ClNNaO8PS. The van der Waals surface area contributed by atoms with Gasteiger partial charge in [-0.05, 0) is 0 Å². The monoisotopic (exact) mass is 273 g/mol. The molecule has 13 heavy (non-hydrogen) atoms. The molecule has 0 saturated carbocycles. The first kappa shape index (κ1) is 29.2. The fraction of sp³-hybridized carbons (Fsp3) is 0. The fourth-order valence-corrected chi connectivity index (χ4v) is 0. The molecule has 0 heterocycles. The van der Waals surface area contributed by atoms with E-state index in [-0.39, 0.29) is 48.1 Å². The van der Waals surface area contributed by atoms with Crippen molar-refractivity contribution in [1.82, 2.24) is 6.15 Å². The molecular weight excluding hydrogens is 263 g/mol. The number of hydrogen-bond donors (Lipinski definition) is 6. The van der Waals surface area contributed by atoms with Gasteiger partial charge in [-0.1, -0.05) is 0 Å². The topological polar surface area (TPSA) is 187 Å². The third kappa shape index (κ3) is 1100. The van der Waals surface area contributed by atoms with Crippen molar-refractivity contribution < 1.29 is 36.8 Å². The Balaban J connectivity index is -0.0000000267. The minimum absolute atomic E-state index is 0. The second kappa shape index (κ2) is 11.3. The molecule has 0 bridgehead atoms. The van der Waals surface area contributed by atoms with Crippen LogP contribution in [0.25, 0.3) is 0 Å². The summed E-state index contributed by atoms with van der Waals surface area (Å²) in [5.74, 6) is 0. The second-order valence-electron chi connectivity index (χ2n) is 0.961. The zero-order valence-corrected chi connectivity index (χ0v) is 7.96. The van der Waals surface area contributed by atoms with Crippen LogP contribution < -0.4 is 6.15 Å². The van der Waals surface area contributed by atoms with Crippen LogP contribution >= 0.6 is 20.2 Å². The number of halogens is 1. The first-order valence-corrected chi connectivity index (χ1v) is 4.44. The molecule has 0 atom stereocenters. The van der Waals surface area contributed by atoms with Gasteiger partial charge in [-0.25, -0.2) is 4.57 Å². The molecule has 0 aliphatic rings. The molecule has 0 spiro atoms. The Hall–Kier alpha value is 1.23. The summed E-state index contributed by atoms with van der Waals surface area (Å²) < 4.78 is 40.5. The molecule has 82 valence electrons. The van der Waals surface area contributed by atoms with Crippen LogP contribution in [0.5, 0.6) is 0 Å². The van der Waals surface area contributed by atoms with Crippen molar-refractivity contribution in [2.75, 3.05) is 0 Å². The van der Waals surface area contributed by atoms with E-state index in [9.17, 15) is 0 Å². The Labute approximate surface area is 103 Å². The van der Waals surface area contributed by atoms with E-state index >= 15 is 0 Å². The predicted octanol–water partition coefficient (Wildman–Crippen LogP) is -1.65. The molecule has 0 aliphatic carbocycles. The Morgan fingerprint density at radius 2 is 1.00 bits per heavy atom. The molecule has 9 nitrogen and oxygen atoms in total. The van der Waals surface area contributed by atoms with Crippen LogP contribution in [0, 0.1) is 0 Å². The molecule has 0 fully saturated rings. The van der Waals surface area contributed by atoms with Gasteiger partial charge in [-0.15, -0.1) is 12.4 Å². The number of rotatable bonds is 0. The van der Waals surface area contributed by atoms with Crippen LogP contribution in [-0.4, -0.2) is 61.8 Å². The maximum absolute atomic E-state index is 8.88. The van der Waals surface area contributed by atoms with Crippen molar-refractivity contribution in [3.8, 4) is 0 Å². The number of phosphoric acid groups is 1. The summed E-state index contributed by atoms with van der Waals surface area (Å²) in [6, 6.07) is 0. The van der Waals surface area contributed by atoms with Gasteiger partial charge in [0.2, 0.25) is 0 Å². The first-order valence-electron chi connectivity index (χ1n) is 1.48. The third-order valence-electron chi connectivity index (χ3n) is 0. The molecule has 0 saturated heterocycles. The molecule has 8 N–H and O–H groups in total. The van der Waals surface area contributed by atoms with E-state index in [1.54, 1.807) is 0 Å². The van der Waals surface area contributed by atoms with Crippen LogP contribution in [0.1, 0.15) is 0 Å². The molecule has 0 aromatic heterocycles. The van der Waals surface area contributed by atoms with E-state index in [1.807, 2.05) is 0 Å². The molecule has 0 aromatic rings. The van der Waals surface area contributed by atoms with Crippen molar-refractivity contribution >= 4 is 60.2 Å². The quantitative estimate of drug-likeness (QED) is 0.171. The van der Waals surface area contributed by atoms with Crippen molar-refractivity contribution in [3.05, 3.63) is 0 Å². The second-order valence-corrected chi connectivity index (χ2v) is 2.88. The van der Waals surface area contributed by atoms with Gasteiger partial charge >= 0.3 is 47.8 Å². The van der Waals surface area contributed by atoms with Crippen molar-refractivity contribution in [3.63, 3.8) is 0 Å². The summed E-state index contributed by atoms with van der Waals surface area (Å²) in [6.07, 6.45) is 0. The fourth-order valence-electron chi connectivity index (χ4n) is 0. The Kier molecular flexibility index (Phi) is 25.4. The van der Waals surface area contributed by atoms with E-state index in [0.29, 0.717) is 0 Å². The van der Waals surface area contributed by atoms with E-state index < -0.39 is 18.2 Å². The molecule has 0 amide bonds. The number of hydrogen-bond acceptors (Lipinski definition) is 4. The molecule has 13 heteroatoms. The summed E-state index contributed by atoms with van der Waals surface area (Å²) in [5, 5.41) is 0. The average Bonchev–Trinajstić information content (AvgIpc) is 1.12. The first-order chi connectivity index (χ1) is 4.00. The molecule has 0 unspecified atom stereocenters. The summed E-state index contributed by atoms with van der Waals surface area (Å²) >= 11 is 0. The Bertz CT molecular complexity index is 202. The van der Waals surface area contributed by atoms with Gasteiger partial charge in [-0.2, -0.15) is 8.42 Å². The molecule has 0 aliphatic heterocycles. The summed E-state index contributed by atoms with van der Waals surface area (Å²) in [6.45, 7) is 0. The standard InChI is InChI=1S/ClH.H3N.Na.H3O4P.H2O4S.H/c;;;2*1-5(2,3)4;/h1H;1H3;;(H3,1,2,3,4);(H2,1,2,3,4);. The summed E-state index contributed by atoms with van der Waals surface area (Å²) in [4.78, 5) is 21.6. The normalized spacial score (nSPS) is 9.00. The van der Waals surface area contributed by atoms with Crippen molar-refractivity contribution in [2.24, 2.45) is 0 Å². The van der Waals surface area contributed by atoms with Crippen LogP contribution in [0.15, 0.2) is 0 Å². The molecule has 0 radical (unpaired) electrons. The van der Waals surface area contributed by atoms with Gasteiger partial charge in [0, 0.05) is 0 Å². The third-order valence-corrected chi connectivity index (χ3v) is 0. The van der Waals surface area contributed by atoms with Crippen LogP contribution in [-0.2, 0) is 15.0 Å². The van der Waals surface area contributed by atoms with Crippen molar-refractivity contribution in [1.29, 1.82) is 0 Å². The van der Waals surface area contributed by atoms with Crippen molar-refractivity contribution in [2.45, 2.75) is 0 Å². The SMILES string of the molecule is Cl.N.O=P(O)(O)O.O=S(=O)(O)O.[NaH].